The Bertz CT molecular complexity index is 1330. The van der Waals surface area contributed by atoms with Gasteiger partial charge in [0.25, 0.3) is 5.91 Å². The Hall–Kier alpha value is -3.94. The quantitative estimate of drug-likeness (QED) is 0.569. The molecule has 1 saturated carbocycles. The van der Waals surface area contributed by atoms with Crippen molar-refractivity contribution in [1.82, 2.24) is 29.3 Å². The zero-order chi connectivity index (χ0) is 24.2. The number of nitriles is 1. The third kappa shape index (κ3) is 3.55. The Balaban J connectivity index is 1.47. The van der Waals surface area contributed by atoms with Crippen molar-refractivity contribution in [3.8, 4) is 17.3 Å². The fraction of sp³-hybridized carbons (Fsp3) is 0.478. The minimum Gasteiger partial charge on any atom is -0.376 e. The molecule has 1 saturated heterocycles. The maximum absolute atomic E-state index is 12.9. The lowest BCUT2D eigenvalue weighted by molar-refractivity contribution is -0.134. The molecule has 0 spiro atoms. The fourth-order valence-electron chi connectivity index (χ4n) is 4.46. The van der Waals surface area contributed by atoms with E-state index < -0.39 is 11.3 Å². The number of anilines is 1. The first-order valence-corrected chi connectivity index (χ1v) is 11.4. The number of aromatic nitrogens is 5. The van der Waals surface area contributed by atoms with Gasteiger partial charge in [-0.1, -0.05) is 6.92 Å². The molecule has 2 amide bonds. The molecule has 2 atom stereocenters. The van der Waals surface area contributed by atoms with E-state index in [1.807, 2.05) is 31.6 Å². The van der Waals surface area contributed by atoms with Crippen molar-refractivity contribution in [2.24, 2.45) is 17.1 Å². The maximum atomic E-state index is 12.9. The van der Waals surface area contributed by atoms with Gasteiger partial charge in [0.1, 0.15) is 5.41 Å². The van der Waals surface area contributed by atoms with Crippen molar-refractivity contribution in [2.75, 3.05) is 18.4 Å². The molecule has 0 aromatic carbocycles. The monoisotopic (exact) mass is 461 g/mol. The number of amides is 2. The van der Waals surface area contributed by atoms with Gasteiger partial charge in [0, 0.05) is 36.9 Å². The first-order valence-electron chi connectivity index (χ1n) is 11.4. The first-order chi connectivity index (χ1) is 16.2. The summed E-state index contributed by atoms with van der Waals surface area (Å²) in [7, 11) is 0. The Labute approximate surface area is 196 Å². The van der Waals surface area contributed by atoms with Gasteiger partial charge in [-0.25, -0.2) is 9.50 Å². The molecule has 2 fully saturated rings. The SMILES string of the molecule is CC(C)n1cc(-c2cn3ncc(C(N)=O)c(N[C@@H]4CN(C(=O)C5(C#N)CC5)C[C@H]4C)c3n2)cn1. The van der Waals surface area contributed by atoms with Crippen LogP contribution >= 0.6 is 0 Å². The number of nitrogens with zero attached hydrogens (tertiary/aromatic N) is 7. The van der Waals surface area contributed by atoms with E-state index in [0.717, 1.165) is 5.56 Å². The molecule has 5 rings (SSSR count). The van der Waals surface area contributed by atoms with E-state index >= 15 is 0 Å². The molecule has 34 heavy (non-hydrogen) atoms. The van der Waals surface area contributed by atoms with Crippen LogP contribution in [0.2, 0.25) is 0 Å². The smallest absolute Gasteiger partial charge is 0.252 e. The summed E-state index contributed by atoms with van der Waals surface area (Å²) in [6, 6.07) is 2.27. The molecule has 0 radical (unpaired) electrons. The summed E-state index contributed by atoms with van der Waals surface area (Å²) in [5.41, 5.74) is 7.50. The molecule has 1 aliphatic carbocycles. The Morgan fingerprint density at radius 1 is 1.24 bits per heavy atom. The molecule has 4 heterocycles. The number of primary amides is 1. The van der Waals surface area contributed by atoms with Crippen molar-refractivity contribution in [1.29, 1.82) is 5.26 Å². The summed E-state index contributed by atoms with van der Waals surface area (Å²) < 4.78 is 3.45. The van der Waals surface area contributed by atoms with Crippen LogP contribution in [0.3, 0.4) is 0 Å². The molecule has 0 bridgehead atoms. The molecule has 3 aromatic rings. The Morgan fingerprint density at radius 2 is 2.00 bits per heavy atom. The molecular weight excluding hydrogens is 434 g/mol. The number of carbonyl (C=O) groups is 2. The van der Waals surface area contributed by atoms with Crippen molar-refractivity contribution in [3.63, 3.8) is 0 Å². The third-order valence-electron chi connectivity index (χ3n) is 6.79. The van der Waals surface area contributed by atoms with E-state index in [1.54, 1.807) is 21.8 Å². The highest BCUT2D eigenvalue weighted by Crippen LogP contribution is 2.47. The molecule has 0 unspecified atom stereocenters. The number of imidazole rings is 1. The van der Waals surface area contributed by atoms with Crippen LogP contribution in [0.25, 0.3) is 16.9 Å². The molecule has 2 aliphatic rings. The minimum absolute atomic E-state index is 0.103. The Morgan fingerprint density at radius 3 is 2.62 bits per heavy atom. The number of rotatable bonds is 6. The highest BCUT2D eigenvalue weighted by atomic mass is 16.2. The van der Waals surface area contributed by atoms with Crippen molar-refractivity contribution in [2.45, 2.75) is 45.7 Å². The molecule has 1 aliphatic heterocycles. The first kappa shape index (κ1) is 21.9. The highest BCUT2D eigenvalue weighted by Gasteiger charge is 2.54. The standard InChI is InChI=1S/C23H27N9O2/c1-13(2)31-9-15(6-26-31)18-11-32-21(29-18)19(16(7-27-32)20(25)33)28-17-10-30(8-14(17)3)22(34)23(12-24)4-5-23/h6-7,9,11,13-14,17,28H,4-5,8,10H2,1-3H3,(H2,25,33)/t14-,17-/m1/s1. The van der Waals surface area contributed by atoms with Gasteiger partial charge in [0.05, 0.1) is 41.6 Å². The van der Waals surface area contributed by atoms with E-state index in [1.165, 1.54) is 6.20 Å². The highest BCUT2D eigenvalue weighted by molar-refractivity contribution is 6.01. The number of hydrogen-bond donors (Lipinski definition) is 2. The van der Waals surface area contributed by atoms with Crippen LogP contribution in [0, 0.1) is 22.7 Å². The lowest BCUT2D eigenvalue weighted by atomic mass is 10.1. The van der Waals surface area contributed by atoms with Crippen LogP contribution in [0.5, 0.6) is 0 Å². The van der Waals surface area contributed by atoms with Crippen molar-refractivity contribution < 1.29 is 9.59 Å². The molecule has 176 valence electrons. The van der Waals surface area contributed by atoms with Crippen LogP contribution in [-0.4, -0.2) is 60.2 Å². The number of hydrogen-bond acceptors (Lipinski definition) is 7. The van der Waals surface area contributed by atoms with Gasteiger partial charge in [-0.2, -0.15) is 15.5 Å². The third-order valence-corrected chi connectivity index (χ3v) is 6.79. The molecule has 3 N–H and O–H groups in total. The molecule has 11 heteroatoms. The largest absolute Gasteiger partial charge is 0.376 e. The van der Waals surface area contributed by atoms with Gasteiger partial charge in [-0.3, -0.25) is 14.3 Å². The zero-order valence-corrected chi connectivity index (χ0v) is 19.4. The number of fused-ring (bicyclic) bond motifs is 1. The van der Waals surface area contributed by atoms with Gasteiger partial charge < -0.3 is 16.0 Å². The minimum atomic E-state index is -0.852. The van der Waals surface area contributed by atoms with Crippen LogP contribution in [0.15, 0.2) is 24.8 Å². The van der Waals surface area contributed by atoms with Crippen molar-refractivity contribution >= 4 is 23.1 Å². The zero-order valence-electron chi connectivity index (χ0n) is 19.4. The normalized spacial score (nSPS) is 21.1. The summed E-state index contributed by atoms with van der Waals surface area (Å²) in [5, 5.41) is 21.5. The lowest BCUT2D eigenvalue weighted by Crippen LogP contribution is -2.36. The second kappa shape index (κ2) is 7.83. The molecule has 3 aromatic heterocycles. The summed E-state index contributed by atoms with van der Waals surface area (Å²) in [6.45, 7) is 7.10. The number of nitrogens with two attached hydrogens (primary N) is 1. The van der Waals surface area contributed by atoms with Crippen LogP contribution < -0.4 is 11.1 Å². The van der Waals surface area contributed by atoms with Gasteiger partial charge in [-0.05, 0) is 32.6 Å². The van der Waals surface area contributed by atoms with E-state index in [2.05, 4.69) is 21.6 Å². The predicted octanol–water partition coefficient (Wildman–Crippen LogP) is 1.84. The van der Waals surface area contributed by atoms with E-state index in [0.29, 0.717) is 43.0 Å². The second-order valence-electron chi connectivity index (χ2n) is 9.63. The summed E-state index contributed by atoms with van der Waals surface area (Å²) >= 11 is 0. The summed E-state index contributed by atoms with van der Waals surface area (Å²) in [5.74, 6) is -0.618. The van der Waals surface area contributed by atoms with Crippen LogP contribution in [0.4, 0.5) is 5.69 Å². The Kier molecular flexibility index (Phi) is 5.04. The van der Waals surface area contributed by atoms with Gasteiger partial charge >= 0.3 is 0 Å². The predicted molar refractivity (Wildman–Crippen MR) is 124 cm³/mol. The van der Waals surface area contributed by atoms with E-state index in [9.17, 15) is 14.9 Å². The number of nitrogens with one attached hydrogen (secondary N) is 1. The van der Waals surface area contributed by atoms with Gasteiger partial charge in [0.2, 0.25) is 5.91 Å². The van der Waals surface area contributed by atoms with E-state index in [4.69, 9.17) is 10.7 Å². The summed E-state index contributed by atoms with van der Waals surface area (Å²) in [6.07, 6.45) is 8.11. The second-order valence-corrected chi connectivity index (χ2v) is 9.63. The average Bonchev–Trinajstić information content (AvgIpc) is 3.13. The van der Waals surface area contributed by atoms with Gasteiger partial charge in [-0.15, -0.1) is 0 Å². The maximum Gasteiger partial charge on any atom is 0.252 e. The summed E-state index contributed by atoms with van der Waals surface area (Å²) in [4.78, 5) is 31.6. The van der Waals surface area contributed by atoms with Crippen LogP contribution in [-0.2, 0) is 4.79 Å². The van der Waals surface area contributed by atoms with E-state index in [-0.39, 0.29) is 29.5 Å². The number of likely N-dealkylation sites (tertiary alicyclic amines) is 1. The van der Waals surface area contributed by atoms with Gasteiger partial charge in [0.15, 0.2) is 5.65 Å². The lowest BCUT2D eigenvalue weighted by Gasteiger charge is -2.21. The topological polar surface area (TPSA) is 147 Å². The average molecular weight is 462 g/mol. The van der Waals surface area contributed by atoms with Crippen LogP contribution in [0.1, 0.15) is 50.0 Å². The molecular formula is C23H27N9O2. The molecule has 11 nitrogen and oxygen atoms in total. The fourth-order valence-corrected chi connectivity index (χ4v) is 4.46. The number of carbonyl (C=O) groups excluding carboxylic acids is 2. The van der Waals surface area contributed by atoms with Crippen molar-refractivity contribution in [3.05, 3.63) is 30.4 Å².